The molecule has 3 N–H and O–H groups in total. The smallest absolute Gasteiger partial charge is 0.154 e. The van der Waals surface area contributed by atoms with Crippen LogP contribution in [0.5, 0.6) is 0 Å². The molecule has 1 atom stereocenters. The van der Waals surface area contributed by atoms with E-state index in [0.29, 0.717) is 0 Å². The molecule has 1 aromatic heterocycles. The zero-order valence-electron chi connectivity index (χ0n) is 9.38. The van der Waals surface area contributed by atoms with Crippen LogP contribution in [0.2, 0.25) is 0 Å². The number of nitrogens with zero attached hydrogens (tertiary/aromatic N) is 3. The van der Waals surface area contributed by atoms with Crippen molar-refractivity contribution in [2.45, 2.75) is 13.0 Å². The molecule has 5 heteroatoms. The molecule has 0 aliphatic heterocycles. The summed E-state index contributed by atoms with van der Waals surface area (Å²) in [6, 6.07) is 7.74. The standard InChI is InChI=1S/C11H15N5/c1-8(11-15-13-7-16(11)2)14-10-5-3-4-9(12)6-10/h3-8,14H,12H2,1-2H3. The van der Waals surface area contributed by atoms with Crippen molar-refractivity contribution < 1.29 is 0 Å². The Balaban J connectivity index is 2.14. The van der Waals surface area contributed by atoms with Gasteiger partial charge in [-0.1, -0.05) is 6.07 Å². The Bertz CT molecular complexity index is 477. The summed E-state index contributed by atoms with van der Waals surface area (Å²) in [6.45, 7) is 2.03. The van der Waals surface area contributed by atoms with Gasteiger partial charge in [0.25, 0.3) is 0 Å². The maximum absolute atomic E-state index is 5.71. The van der Waals surface area contributed by atoms with E-state index in [9.17, 15) is 0 Å². The van der Waals surface area contributed by atoms with E-state index in [0.717, 1.165) is 17.2 Å². The first-order chi connectivity index (χ1) is 7.66. The molecule has 84 valence electrons. The van der Waals surface area contributed by atoms with Crippen LogP contribution < -0.4 is 11.1 Å². The van der Waals surface area contributed by atoms with E-state index >= 15 is 0 Å². The molecule has 2 rings (SSSR count). The van der Waals surface area contributed by atoms with Gasteiger partial charge < -0.3 is 15.6 Å². The summed E-state index contributed by atoms with van der Waals surface area (Å²) in [5, 5.41) is 11.2. The summed E-state index contributed by atoms with van der Waals surface area (Å²) >= 11 is 0. The third kappa shape index (κ3) is 2.13. The van der Waals surface area contributed by atoms with Gasteiger partial charge in [-0.15, -0.1) is 10.2 Å². The van der Waals surface area contributed by atoms with Crippen molar-refractivity contribution in [2.75, 3.05) is 11.1 Å². The van der Waals surface area contributed by atoms with E-state index in [-0.39, 0.29) is 6.04 Å². The van der Waals surface area contributed by atoms with E-state index in [1.54, 1.807) is 6.33 Å². The van der Waals surface area contributed by atoms with Crippen LogP contribution in [0, 0.1) is 0 Å². The Labute approximate surface area is 94.3 Å². The number of aryl methyl sites for hydroxylation is 1. The van der Waals surface area contributed by atoms with Gasteiger partial charge in [-0.05, 0) is 25.1 Å². The first kappa shape index (κ1) is 10.5. The van der Waals surface area contributed by atoms with Crippen molar-refractivity contribution >= 4 is 11.4 Å². The Morgan fingerprint density at radius 1 is 1.44 bits per heavy atom. The minimum Gasteiger partial charge on any atom is -0.399 e. The fraction of sp³-hybridized carbons (Fsp3) is 0.273. The number of nitrogen functional groups attached to an aromatic ring is 1. The third-order valence-electron chi connectivity index (χ3n) is 2.40. The molecule has 1 heterocycles. The zero-order valence-corrected chi connectivity index (χ0v) is 9.38. The summed E-state index contributed by atoms with van der Waals surface area (Å²) in [4.78, 5) is 0. The fourth-order valence-electron chi connectivity index (χ4n) is 1.63. The highest BCUT2D eigenvalue weighted by Crippen LogP contribution is 2.18. The summed E-state index contributed by atoms with van der Waals surface area (Å²) < 4.78 is 1.89. The highest BCUT2D eigenvalue weighted by atomic mass is 15.3. The molecular formula is C11H15N5. The largest absolute Gasteiger partial charge is 0.399 e. The number of hydrogen-bond acceptors (Lipinski definition) is 4. The van der Waals surface area contributed by atoms with E-state index in [2.05, 4.69) is 15.5 Å². The van der Waals surface area contributed by atoms with Crippen LogP contribution in [-0.4, -0.2) is 14.8 Å². The summed E-state index contributed by atoms with van der Waals surface area (Å²) in [7, 11) is 1.92. The van der Waals surface area contributed by atoms with E-state index in [1.165, 1.54) is 0 Å². The van der Waals surface area contributed by atoms with Crippen molar-refractivity contribution in [3.8, 4) is 0 Å². The molecule has 0 amide bonds. The topological polar surface area (TPSA) is 68.8 Å². The average molecular weight is 217 g/mol. The maximum atomic E-state index is 5.71. The SMILES string of the molecule is CC(Nc1cccc(N)c1)c1nncn1C. The van der Waals surface area contributed by atoms with E-state index < -0.39 is 0 Å². The zero-order chi connectivity index (χ0) is 11.5. The van der Waals surface area contributed by atoms with Crippen molar-refractivity contribution in [2.24, 2.45) is 7.05 Å². The van der Waals surface area contributed by atoms with Gasteiger partial charge in [-0.3, -0.25) is 0 Å². The normalized spacial score (nSPS) is 12.4. The van der Waals surface area contributed by atoms with Gasteiger partial charge >= 0.3 is 0 Å². The molecule has 0 fully saturated rings. The molecule has 0 radical (unpaired) electrons. The van der Waals surface area contributed by atoms with Crippen LogP contribution in [0.25, 0.3) is 0 Å². The second-order valence-corrected chi connectivity index (χ2v) is 3.79. The van der Waals surface area contributed by atoms with Crippen molar-refractivity contribution in [1.29, 1.82) is 0 Å². The van der Waals surface area contributed by atoms with Crippen LogP contribution in [0.15, 0.2) is 30.6 Å². The second-order valence-electron chi connectivity index (χ2n) is 3.79. The molecule has 1 unspecified atom stereocenters. The van der Waals surface area contributed by atoms with Crippen LogP contribution in [0.3, 0.4) is 0 Å². The van der Waals surface area contributed by atoms with Gasteiger partial charge in [0.2, 0.25) is 0 Å². The molecule has 2 aromatic rings. The van der Waals surface area contributed by atoms with Gasteiger partial charge in [0, 0.05) is 18.4 Å². The number of hydrogen-bond donors (Lipinski definition) is 2. The summed E-state index contributed by atoms with van der Waals surface area (Å²) in [6.07, 6.45) is 1.69. The quantitative estimate of drug-likeness (QED) is 0.766. The van der Waals surface area contributed by atoms with Crippen molar-refractivity contribution in [3.05, 3.63) is 36.4 Å². The maximum Gasteiger partial charge on any atom is 0.154 e. The Hall–Kier alpha value is -2.04. The van der Waals surface area contributed by atoms with Gasteiger partial charge in [-0.2, -0.15) is 0 Å². The monoisotopic (exact) mass is 217 g/mol. The van der Waals surface area contributed by atoms with Crippen LogP contribution >= 0.6 is 0 Å². The molecule has 0 saturated carbocycles. The molecule has 0 aliphatic rings. The first-order valence-electron chi connectivity index (χ1n) is 5.13. The lowest BCUT2D eigenvalue weighted by Crippen LogP contribution is -2.11. The summed E-state index contributed by atoms with van der Waals surface area (Å²) in [5.74, 6) is 0.891. The minimum absolute atomic E-state index is 0.0919. The predicted molar refractivity (Wildman–Crippen MR) is 63.9 cm³/mol. The highest BCUT2D eigenvalue weighted by Gasteiger charge is 2.10. The molecule has 0 saturated heterocycles. The average Bonchev–Trinajstić information content (AvgIpc) is 2.64. The van der Waals surface area contributed by atoms with Crippen LogP contribution in [0.4, 0.5) is 11.4 Å². The van der Waals surface area contributed by atoms with Gasteiger partial charge in [0.1, 0.15) is 6.33 Å². The number of nitrogens with one attached hydrogen (secondary N) is 1. The third-order valence-corrected chi connectivity index (χ3v) is 2.40. The second kappa shape index (κ2) is 4.22. The van der Waals surface area contributed by atoms with E-state index in [4.69, 9.17) is 5.73 Å². The van der Waals surface area contributed by atoms with Crippen LogP contribution in [0.1, 0.15) is 18.8 Å². The fourth-order valence-corrected chi connectivity index (χ4v) is 1.63. The van der Waals surface area contributed by atoms with Gasteiger partial charge in [0.15, 0.2) is 5.82 Å². The minimum atomic E-state index is 0.0919. The Morgan fingerprint density at radius 3 is 2.88 bits per heavy atom. The lowest BCUT2D eigenvalue weighted by atomic mass is 10.2. The van der Waals surface area contributed by atoms with E-state index in [1.807, 2.05) is 42.8 Å². The van der Waals surface area contributed by atoms with Crippen molar-refractivity contribution in [3.63, 3.8) is 0 Å². The highest BCUT2D eigenvalue weighted by molar-refractivity contribution is 5.54. The molecule has 5 nitrogen and oxygen atoms in total. The summed E-state index contributed by atoms with van der Waals surface area (Å²) in [5.41, 5.74) is 7.44. The predicted octanol–water partition coefficient (Wildman–Crippen LogP) is 1.57. The molecule has 1 aromatic carbocycles. The van der Waals surface area contributed by atoms with Gasteiger partial charge in [0.05, 0.1) is 6.04 Å². The number of benzene rings is 1. The number of aromatic nitrogens is 3. The Morgan fingerprint density at radius 2 is 2.25 bits per heavy atom. The number of nitrogens with two attached hydrogens (primary N) is 1. The number of rotatable bonds is 3. The van der Waals surface area contributed by atoms with Crippen LogP contribution in [-0.2, 0) is 7.05 Å². The Kier molecular flexibility index (Phi) is 2.76. The molecular weight excluding hydrogens is 202 g/mol. The van der Waals surface area contributed by atoms with Crippen molar-refractivity contribution in [1.82, 2.24) is 14.8 Å². The lowest BCUT2D eigenvalue weighted by Gasteiger charge is -2.14. The molecule has 0 aliphatic carbocycles. The first-order valence-corrected chi connectivity index (χ1v) is 5.13. The molecule has 16 heavy (non-hydrogen) atoms. The molecule has 0 spiro atoms. The van der Waals surface area contributed by atoms with Gasteiger partial charge in [-0.25, -0.2) is 0 Å². The number of anilines is 2. The lowest BCUT2D eigenvalue weighted by molar-refractivity contribution is 0.719. The molecule has 0 bridgehead atoms.